The molecule has 2 rings (SSSR count). The van der Waals surface area contributed by atoms with Crippen LogP contribution in [-0.2, 0) is 14.3 Å². The van der Waals surface area contributed by atoms with Gasteiger partial charge in [0.1, 0.15) is 5.41 Å². The Morgan fingerprint density at radius 2 is 2.10 bits per heavy atom. The summed E-state index contributed by atoms with van der Waals surface area (Å²) in [4.78, 5) is 25.4. The summed E-state index contributed by atoms with van der Waals surface area (Å²) in [6.07, 6.45) is 1.79. The van der Waals surface area contributed by atoms with E-state index in [2.05, 4.69) is 5.32 Å². The zero-order chi connectivity index (χ0) is 14.8. The second-order valence-corrected chi connectivity index (χ2v) is 5.97. The summed E-state index contributed by atoms with van der Waals surface area (Å²) in [5.41, 5.74) is 4.78. The highest BCUT2D eigenvalue weighted by Crippen LogP contribution is 2.28. The first-order valence-corrected chi connectivity index (χ1v) is 7.00. The molecule has 0 saturated carbocycles. The quantitative estimate of drug-likeness (QED) is 0.613. The number of nitrogens with two attached hydrogens (primary N) is 1. The van der Waals surface area contributed by atoms with E-state index in [0.717, 1.165) is 25.9 Å². The first-order valence-electron chi connectivity index (χ1n) is 7.00. The molecule has 1 amide bonds. The van der Waals surface area contributed by atoms with E-state index in [1.807, 2.05) is 4.90 Å². The Kier molecular flexibility index (Phi) is 4.62. The van der Waals surface area contributed by atoms with Crippen LogP contribution in [0.3, 0.4) is 0 Å². The van der Waals surface area contributed by atoms with Gasteiger partial charge in [-0.1, -0.05) is 0 Å². The Bertz CT molecular complexity index is 382. The Morgan fingerprint density at radius 1 is 1.45 bits per heavy atom. The molecule has 0 radical (unpaired) electrons. The number of rotatable bonds is 4. The van der Waals surface area contributed by atoms with Gasteiger partial charge in [-0.3, -0.25) is 14.5 Å². The van der Waals surface area contributed by atoms with Gasteiger partial charge in [0.25, 0.3) is 0 Å². The van der Waals surface area contributed by atoms with E-state index in [-0.39, 0.29) is 25.2 Å². The molecular weight excluding hydrogens is 262 g/mol. The molecule has 2 heterocycles. The van der Waals surface area contributed by atoms with E-state index >= 15 is 0 Å². The summed E-state index contributed by atoms with van der Waals surface area (Å²) >= 11 is 0. The van der Waals surface area contributed by atoms with Crippen molar-refractivity contribution in [2.45, 2.75) is 31.8 Å². The molecule has 0 aromatic heterocycles. The minimum Gasteiger partial charge on any atom is -0.481 e. The Balaban J connectivity index is 1.84. The number of ether oxygens (including phenoxy) is 1. The number of nitrogens with zero attached hydrogens (tertiary/aromatic N) is 1. The molecule has 2 fully saturated rings. The van der Waals surface area contributed by atoms with Crippen molar-refractivity contribution in [3.63, 3.8) is 0 Å². The van der Waals surface area contributed by atoms with Crippen molar-refractivity contribution in [3.05, 3.63) is 0 Å². The summed E-state index contributed by atoms with van der Waals surface area (Å²) in [6, 6.07) is -0.243. The molecule has 0 bridgehead atoms. The molecule has 4 N–H and O–H groups in total. The third-order valence-corrected chi connectivity index (χ3v) is 4.28. The average Bonchev–Trinajstić information content (AvgIpc) is 2.75. The monoisotopic (exact) mass is 285 g/mol. The Morgan fingerprint density at radius 3 is 2.70 bits per heavy atom. The normalized spacial score (nSPS) is 32.2. The van der Waals surface area contributed by atoms with Gasteiger partial charge in [0, 0.05) is 19.1 Å². The fourth-order valence-corrected chi connectivity index (χ4v) is 2.64. The van der Waals surface area contributed by atoms with Crippen LogP contribution in [0.15, 0.2) is 0 Å². The van der Waals surface area contributed by atoms with Crippen molar-refractivity contribution >= 4 is 11.9 Å². The van der Waals surface area contributed by atoms with Crippen LogP contribution in [-0.4, -0.2) is 66.8 Å². The SMILES string of the molecule is CC1(C(=O)O)COCC1NC(=O)CN1CCC(N)CC1. The fourth-order valence-electron chi connectivity index (χ4n) is 2.64. The number of amides is 1. The molecule has 0 aromatic carbocycles. The second-order valence-electron chi connectivity index (χ2n) is 5.97. The molecule has 20 heavy (non-hydrogen) atoms. The van der Waals surface area contributed by atoms with Crippen LogP contribution in [0.4, 0.5) is 0 Å². The number of likely N-dealkylation sites (tertiary alicyclic amines) is 1. The van der Waals surface area contributed by atoms with E-state index in [4.69, 9.17) is 10.5 Å². The van der Waals surface area contributed by atoms with Crippen LogP contribution in [0.2, 0.25) is 0 Å². The van der Waals surface area contributed by atoms with Crippen LogP contribution in [0.1, 0.15) is 19.8 Å². The fraction of sp³-hybridized carbons (Fsp3) is 0.846. The lowest BCUT2D eigenvalue weighted by atomic mass is 9.85. The van der Waals surface area contributed by atoms with E-state index in [1.165, 1.54) is 0 Å². The predicted octanol–water partition coefficient (Wildman–Crippen LogP) is -0.985. The number of nitrogens with one attached hydrogen (secondary N) is 1. The molecule has 0 aliphatic carbocycles. The standard InChI is InChI=1S/C13H23N3O4/c1-13(12(18)19)8-20-7-10(13)15-11(17)6-16-4-2-9(14)3-5-16/h9-10H,2-8,14H2,1H3,(H,15,17)(H,18,19). The van der Waals surface area contributed by atoms with Crippen LogP contribution >= 0.6 is 0 Å². The zero-order valence-electron chi connectivity index (χ0n) is 11.8. The Labute approximate surface area is 118 Å². The highest BCUT2D eigenvalue weighted by atomic mass is 16.5. The summed E-state index contributed by atoms with van der Waals surface area (Å²) < 4.78 is 5.21. The molecule has 0 aromatic rings. The maximum Gasteiger partial charge on any atom is 0.313 e. The third-order valence-electron chi connectivity index (χ3n) is 4.28. The number of carbonyl (C=O) groups is 2. The summed E-state index contributed by atoms with van der Waals surface area (Å²) in [5, 5.41) is 12.0. The lowest BCUT2D eigenvalue weighted by Gasteiger charge is -2.31. The van der Waals surface area contributed by atoms with Gasteiger partial charge in [-0.15, -0.1) is 0 Å². The van der Waals surface area contributed by atoms with Gasteiger partial charge in [-0.25, -0.2) is 0 Å². The largest absolute Gasteiger partial charge is 0.481 e. The van der Waals surface area contributed by atoms with Gasteiger partial charge < -0.3 is 20.9 Å². The van der Waals surface area contributed by atoms with E-state index in [9.17, 15) is 14.7 Å². The lowest BCUT2D eigenvalue weighted by Crippen LogP contribution is -2.52. The smallest absolute Gasteiger partial charge is 0.313 e. The number of carboxylic acid groups (broad SMARTS) is 1. The van der Waals surface area contributed by atoms with Gasteiger partial charge in [0.15, 0.2) is 0 Å². The van der Waals surface area contributed by atoms with Crippen LogP contribution in [0.5, 0.6) is 0 Å². The van der Waals surface area contributed by atoms with Crippen LogP contribution < -0.4 is 11.1 Å². The topological polar surface area (TPSA) is 105 Å². The third kappa shape index (κ3) is 3.28. The van der Waals surface area contributed by atoms with E-state index < -0.39 is 17.4 Å². The minimum atomic E-state index is -1.04. The molecular formula is C13H23N3O4. The van der Waals surface area contributed by atoms with Crippen molar-refractivity contribution in [2.75, 3.05) is 32.8 Å². The van der Waals surface area contributed by atoms with Gasteiger partial charge in [0.05, 0.1) is 25.8 Å². The minimum absolute atomic E-state index is 0.131. The number of hydrogen-bond acceptors (Lipinski definition) is 5. The number of hydrogen-bond donors (Lipinski definition) is 3. The number of aliphatic carboxylic acids is 1. The highest BCUT2D eigenvalue weighted by molar-refractivity contribution is 5.81. The lowest BCUT2D eigenvalue weighted by molar-refractivity contribution is -0.149. The van der Waals surface area contributed by atoms with Gasteiger partial charge in [-0.05, 0) is 19.8 Å². The summed E-state index contributed by atoms with van der Waals surface area (Å²) in [7, 11) is 0. The number of carbonyl (C=O) groups excluding carboxylic acids is 1. The molecule has 0 spiro atoms. The van der Waals surface area contributed by atoms with Crippen molar-refractivity contribution in [1.82, 2.24) is 10.2 Å². The first-order chi connectivity index (χ1) is 9.41. The molecule has 2 saturated heterocycles. The molecule has 2 atom stereocenters. The van der Waals surface area contributed by atoms with E-state index in [1.54, 1.807) is 6.92 Å². The molecule has 2 unspecified atom stereocenters. The van der Waals surface area contributed by atoms with E-state index in [0.29, 0.717) is 6.54 Å². The van der Waals surface area contributed by atoms with Gasteiger partial charge in [0.2, 0.25) is 5.91 Å². The number of piperidine rings is 1. The first kappa shape index (κ1) is 15.2. The van der Waals surface area contributed by atoms with Crippen molar-refractivity contribution in [3.8, 4) is 0 Å². The van der Waals surface area contributed by atoms with Crippen LogP contribution in [0.25, 0.3) is 0 Å². The second kappa shape index (κ2) is 6.07. The maximum absolute atomic E-state index is 12.0. The molecule has 7 heteroatoms. The zero-order valence-corrected chi connectivity index (χ0v) is 11.8. The molecule has 2 aliphatic heterocycles. The molecule has 114 valence electrons. The summed E-state index contributed by atoms with van der Waals surface area (Å²) in [5.74, 6) is -1.09. The summed E-state index contributed by atoms with van der Waals surface area (Å²) in [6.45, 7) is 3.90. The van der Waals surface area contributed by atoms with Crippen molar-refractivity contribution in [2.24, 2.45) is 11.1 Å². The number of carboxylic acids is 1. The van der Waals surface area contributed by atoms with Gasteiger partial charge in [-0.2, -0.15) is 0 Å². The molecule has 2 aliphatic rings. The van der Waals surface area contributed by atoms with Crippen molar-refractivity contribution < 1.29 is 19.4 Å². The van der Waals surface area contributed by atoms with Crippen molar-refractivity contribution in [1.29, 1.82) is 0 Å². The maximum atomic E-state index is 12.0. The average molecular weight is 285 g/mol. The van der Waals surface area contributed by atoms with Gasteiger partial charge >= 0.3 is 5.97 Å². The Hall–Kier alpha value is -1.18. The predicted molar refractivity (Wildman–Crippen MR) is 72.1 cm³/mol. The molecule has 7 nitrogen and oxygen atoms in total. The highest BCUT2D eigenvalue weighted by Gasteiger charge is 2.47. The van der Waals surface area contributed by atoms with Crippen LogP contribution in [0, 0.1) is 5.41 Å².